The summed E-state index contributed by atoms with van der Waals surface area (Å²) in [7, 11) is 7.42. The molecule has 5 heteroatoms. The SMILES string of the molecule is COc1cc2c3c(c1)-c1cc(OC)c(OC)cc1CC3[NH+](C)CC2.[I-]. The largest absolute Gasteiger partial charge is 1.00 e. The Morgan fingerprint density at radius 2 is 1.60 bits per heavy atom. The molecule has 2 aromatic rings. The normalized spacial score (nSPS) is 20.0. The highest BCUT2D eigenvalue weighted by Crippen LogP contribution is 2.46. The second-order valence-corrected chi connectivity index (χ2v) is 6.72. The summed E-state index contributed by atoms with van der Waals surface area (Å²) >= 11 is 0. The minimum absolute atomic E-state index is 0. The van der Waals surface area contributed by atoms with E-state index in [2.05, 4.69) is 31.3 Å². The Bertz CT molecular complexity index is 806. The zero-order chi connectivity index (χ0) is 16.8. The Morgan fingerprint density at radius 3 is 2.28 bits per heavy atom. The third-order valence-electron chi connectivity index (χ3n) is 5.53. The van der Waals surface area contributed by atoms with Crippen LogP contribution in [-0.4, -0.2) is 34.9 Å². The lowest BCUT2D eigenvalue weighted by molar-refractivity contribution is -0.914. The highest BCUT2D eigenvalue weighted by atomic mass is 127. The maximum absolute atomic E-state index is 5.56. The molecule has 1 aliphatic carbocycles. The molecule has 0 aromatic heterocycles. The molecule has 25 heavy (non-hydrogen) atoms. The van der Waals surface area contributed by atoms with Crippen molar-refractivity contribution in [3.05, 3.63) is 41.0 Å². The molecule has 0 saturated heterocycles. The summed E-state index contributed by atoms with van der Waals surface area (Å²) < 4.78 is 16.6. The molecule has 0 amide bonds. The molecule has 4 nitrogen and oxygen atoms in total. The molecular weight excluding hydrogens is 429 g/mol. The maximum Gasteiger partial charge on any atom is 0.161 e. The fraction of sp³-hybridized carbons (Fsp3) is 0.400. The highest BCUT2D eigenvalue weighted by molar-refractivity contribution is 5.79. The molecule has 0 radical (unpaired) electrons. The van der Waals surface area contributed by atoms with Crippen LogP contribution >= 0.6 is 0 Å². The van der Waals surface area contributed by atoms with Crippen LogP contribution in [0.5, 0.6) is 17.2 Å². The summed E-state index contributed by atoms with van der Waals surface area (Å²) in [5, 5.41) is 0. The van der Waals surface area contributed by atoms with Gasteiger partial charge in [0.25, 0.3) is 0 Å². The molecule has 0 spiro atoms. The van der Waals surface area contributed by atoms with Gasteiger partial charge in [0.2, 0.25) is 0 Å². The Kier molecular flexibility index (Phi) is 5.16. The van der Waals surface area contributed by atoms with Gasteiger partial charge in [-0.25, -0.2) is 0 Å². The predicted octanol–water partition coefficient (Wildman–Crippen LogP) is -0.949. The van der Waals surface area contributed by atoms with Crippen LogP contribution in [0.15, 0.2) is 24.3 Å². The number of quaternary nitrogens is 1. The second-order valence-electron chi connectivity index (χ2n) is 6.72. The molecule has 4 rings (SSSR count). The van der Waals surface area contributed by atoms with Crippen molar-refractivity contribution in [3.63, 3.8) is 0 Å². The minimum atomic E-state index is 0. The lowest BCUT2D eigenvalue weighted by Crippen LogP contribution is -3.10. The first-order valence-corrected chi connectivity index (χ1v) is 8.44. The van der Waals surface area contributed by atoms with Crippen LogP contribution in [0.25, 0.3) is 11.1 Å². The molecule has 0 saturated carbocycles. The van der Waals surface area contributed by atoms with E-state index < -0.39 is 0 Å². The van der Waals surface area contributed by atoms with Gasteiger partial charge in [0, 0.05) is 18.4 Å². The van der Waals surface area contributed by atoms with Crippen molar-refractivity contribution < 1.29 is 43.1 Å². The molecular formula is C20H24INO3. The fourth-order valence-corrected chi connectivity index (χ4v) is 4.23. The van der Waals surface area contributed by atoms with Crippen molar-refractivity contribution in [2.75, 3.05) is 34.9 Å². The Hall–Kier alpha value is -1.47. The minimum Gasteiger partial charge on any atom is -1.00 e. The van der Waals surface area contributed by atoms with Gasteiger partial charge in [0.1, 0.15) is 11.8 Å². The topological polar surface area (TPSA) is 32.1 Å². The summed E-state index contributed by atoms with van der Waals surface area (Å²) in [5.41, 5.74) is 6.77. The first kappa shape index (κ1) is 18.3. The van der Waals surface area contributed by atoms with Crippen LogP contribution in [0.4, 0.5) is 0 Å². The van der Waals surface area contributed by atoms with Crippen LogP contribution in [0.1, 0.15) is 22.7 Å². The lowest BCUT2D eigenvalue weighted by atomic mass is 9.77. The van der Waals surface area contributed by atoms with Crippen molar-refractivity contribution in [1.82, 2.24) is 0 Å². The quantitative estimate of drug-likeness (QED) is 0.609. The van der Waals surface area contributed by atoms with E-state index in [1.807, 2.05) is 0 Å². The van der Waals surface area contributed by atoms with Crippen molar-refractivity contribution in [3.8, 4) is 28.4 Å². The third kappa shape index (κ3) is 2.87. The van der Waals surface area contributed by atoms with E-state index in [0.29, 0.717) is 6.04 Å². The standard InChI is InChI=1S/C20H23NO3.HI/c1-21-6-5-12-7-14(22-2)10-16-15-11-19(24-4)18(23-3)9-13(15)8-17(21)20(12)16;/h7,9-11,17H,5-6,8H2,1-4H3;1H. The van der Waals surface area contributed by atoms with Gasteiger partial charge in [-0.15, -0.1) is 0 Å². The van der Waals surface area contributed by atoms with Crippen molar-refractivity contribution in [2.24, 2.45) is 0 Å². The number of rotatable bonds is 3. The van der Waals surface area contributed by atoms with Crippen molar-refractivity contribution >= 4 is 0 Å². The number of hydrogen-bond donors (Lipinski definition) is 1. The van der Waals surface area contributed by atoms with Crippen LogP contribution < -0.4 is 43.1 Å². The Balaban J connectivity index is 0.00000182. The van der Waals surface area contributed by atoms with E-state index in [1.54, 1.807) is 26.2 Å². The van der Waals surface area contributed by atoms with Gasteiger partial charge < -0.3 is 43.1 Å². The molecule has 134 valence electrons. The van der Waals surface area contributed by atoms with Crippen molar-refractivity contribution in [1.29, 1.82) is 0 Å². The molecule has 2 aliphatic rings. The smallest absolute Gasteiger partial charge is 0.161 e. The van der Waals surface area contributed by atoms with Crippen LogP contribution in [0, 0.1) is 0 Å². The van der Waals surface area contributed by atoms with Gasteiger partial charge >= 0.3 is 0 Å². The summed E-state index contributed by atoms with van der Waals surface area (Å²) in [5.74, 6) is 2.52. The first-order chi connectivity index (χ1) is 11.7. The second kappa shape index (κ2) is 7.03. The predicted molar refractivity (Wildman–Crippen MR) is 93.4 cm³/mol. The lowest BCUT2D eigenvalue weighted by Gasteiger charge is -2.37. The Morgan fingerprint density at radius 1 is 0.880 bits per heavy atom. The van der Waals surface area contributed by atoms with Crippen LogP contribution in [0.2, 0.25) is 0 Å². The molecule has 0 bridgehead atoms. The molecule has 2 unspecified atom stereocenters. The van der Waals surface area contributed by atoms with Crippen LogP contribution in [-0.2, 0) is 12.8 Å². The number of fused-ring (bicyclic) bond motifs is 2. The zero-order valence-electron chi connectivity index (χ0n) is 15.1. The average molecular weight is 453 g/mol. The summed E-state index contributed by atoms with van der Waals surface area (Å²) in [6, 6.07) is 9.14. The van der Waals surface area contributed by atoms with Crippen molar-refractivity contribution in [2.45, 2.75) is 18.9 Å². The molecule has 2 atom stereocenters. The number of nitrogens with one attached hydrogen (secondary N) is 1. The number of methoxy groups -OCH3 is 3. The molecule has 2 aromatic carbocycles. The molecule has 1 heterocycles. The van der Waals surface area contributed by atoms with E-state index in [0.717, 1.165) is 36.6 Å². The molecule has 1 aliphatic heterocycles. The van der Waals surface area contributed by atoms with Gasteiger partial charge in [0.15, 0.2) is 11.5 Å². The van der Waals surface area contributed by atoms with Gasteiger partial charge in [-0.2, -0.15) is 0 Å². The average Bonchev–Trinajstić information content (AvgIpc) is 2.62. The van der Waals surface area contributed by atoms with Gasteiger partial charge in [-0.3, -0.25) is 0 Å². The Labute approximate surface area is 166 Å². The number of benzene rings is 2. The maximum atomic E-state index is 5.56. The molecule has 1 N–H and O–H groups in total. The van der Waals surface area contributed by atoms with E-state index >= 15 is 0 Å². The fourth-order valence-electron chi connectivity index (χ4n) is 4.23. The first-order valence-electron chi connectivity index (χ1n) is 8.44. The summed E-state index contributed by atoms with van der Waals surface area (Å²) in [6.07, 6.45) is 2.14. The van der Waals surface area contributed by atoms with Crippen LogP contribution in [0.3, 0.4) is 0 Å². The highest BCUT2D eigenvalue weighted by Gasteiger charge is 2.36. The van der Waals surface area contributed by atoms with E-state index in [4.69, 9.17) is 14.2 Å². The van der Waals surface area contributed by atoms with Gasteiger partial charge in [-0.1, -0.05) is 0 Å². The number of hydrogen-bond acceptors (Lipinski definition) is 3. The number of ether oxygens (including phenoxy) is 3. The zero-order valence-corrected chi connectivity index (χ0v) is 17.3. The third-order valence-corrected chi connectivity index (χ3v) is 5.53. The molecule has 0 fully saturated rings. The monoisotopic (exact) mass is 453 g/mol. The number of likely N-dealkylation sites (N-methyl/N-ethyl adjacent to an activating group) is 1. The number of halogens is 1. The van der Waals surface area contributed by atoms with E-state index in [-0.39, 0.29) is 24.0 Å². The summed E-state index contributed by atoms with van der Waals surface area (Å²) in [6.45, 7) is 1.16. The van der Waals surface area contributed by atoms with E-state index in [1.165, 1.54) is 27.8 Å². The van der Waals surface area contributed by atoms with Gasteiger partial charge in [0.05, 0.1) is 34.9 Å². The van der Waals surface area contributed by atoms with Gasteiger partial charge in [-0.05, 0) is 46.5 Å². The van der Waals surface area contributed by atoms with E-state index in [9.17, 15) is 0 Å². The summed E-state index contributed by atoms with van der Waals surface area (Å²) in [4.78, 5) is 1.58.